The van der Waals surface area contributed by atoms with Crippen LogP contribution in [0.5, 0.6) is 0 Å². The van der Waals surface area contributed by atoms with Gasteiger partial charge in [0.1, 0.15) is 0 Å². The van der Waals surface area contributed by atoms with Crippen LogP contribution in [0.2, 0.25) is 5.02 Å². The van der Waals surface area contributed by atoms with Crippen LogP contribution in [0.1, 0.15) is 30.9 Å². The van der Waals surface area contributed by atoms with Crippen molar-refractivity contribution in [1.29, 1.82) is 0 Å². The topological polar surface area (TPSA) is 12.9 Å². The highest BCUT2D eigenvalue weighted by atomic mass is 35.5. The zero-order valence-corrected chi connectivity index (χ0v) is 9.97. The summed E-state index contributed by atoms with van der Waals surface area (Å²) in [5, 5.41) is 1.95. The zero-order chi connectivity index (χ0) is 11.0. The summed E-state index contributed by atoms with van der Waals surface area (Å²) in [5.74, 6) is 0.421. The van der Waals surface area contributed by atoms with Crippen molar-refractivity contribution in [2.45, 2.75) is 26.7 Å². The molecule has 0 saturated carbocycles. The molecule has 2 aromatic rings. The van der Waals surface area contributed by atoms with E-state index in [1.165, 1.54) is 16.5 Å². The Balaban J connectivity index is 2.84. The maximum atomic E-state index is 6.19. The van der Waals surface area contributed by atoms with E-state index < -0.39 is 0 Å². The van der Waals surface area contributed by atoms with Crippen LogP contribution in [0.15, 0.2) is 24.4 Å². The number of aryl methyl sites for hydroxylation is 1. The predicted octanol–water partition coefficient (Wildman–Crippen LogP) is 4.32. The van der Waals surface area contributed by atoms with Gasteiger partial charge in [0.05, 0.1) is 10.5 Å². The van der Waals surface area contributed by atoms with Crippen LogP contribution in [0.3, 0.4) is 0 Å². The van der Waals surface area contributed by atoms with E-state index in [1.807, 2.05) is 6.07 Å². The highest BCUT2D eigenvalue weighted by molar-refractivity contribution is 6.32. The average Bonchev–Trinajstić information content (AvgIpc) is 2.16. The van der Waals surface area contributed by atoms with E-state index in [9.17, 15) is 0 Å². The van der Waals surface area contributed by atoms with E-state index in [1.54, 1.807) is 6.20 Å². The molecule has 0 radical (unpaired) electrons. The molecule has 0 fully saturated rings. The third-order valence-electron chi connectivity index (χ3n) is 2.59. The van der Waals surface area contributed by atoms with Gasteiger partial charge in [-0.2, -0.15) is 0 Å². The van der Waals surface area contributed by atoms with E-state index >= 15 is 0 Å². The largest absolute Gasteiger partial charge is 0.255 e. The molecule has 0 amide bonds. The number of aromatic nitrogens is 1. The second kappa shape index (κ2) is 3.82. The fourth-order valence-electron chi connectivity index (χ4n) is 1.89. The van der Waals surface area contributed by atoms with Crippen molar-refractivity contribution in [3.8, 4) is 0 Å². The number of hydrogen-bond acceptors (Lipinski definition) is 1. The molecular weight excluding hydrogens is 206 g/mol. The summed E-state index contributed by atoms with van der Waals surface area (Å²) in [5.41, 5.74) is 3.47. The minimum absolute atomic E-state index is 0.421. The molecule has 2 rings (SSSR count). The number of nitrogens with zero attached hydrogens (tertiary/aromatic N) is 1. The summed E-state index contributed by atoms with van der Waals surface area (Å²) in [6, 6.07) is 6.28. The molecule has 0 unspecified atom stereocenters. The van der Waals surface area contributed by atoms with Crippen molar-refractivity contribution in [3.05, 3.63) is 40.5 Å². The quantitative estimate of drug-likeness (QED) is 0.696. The fourth-order valence-corrected chi connectivity index (χ4v) is 2.26. The van der Waals surface area contributed by atoms with E-state index in [0.29, 0.717) is 5.92 Å². The molecule has 1 heterocycles. The Hall–Kier alpha value is -1.08. The van der Waals surface area contributed by atoms with Crippen molar-refractivity contribution >= 4 is 22.5 Å². The third kappa shape index (κ3) is 1.84. The maximum absolute atomic E-state index is 6.19. The minimum Gasteiger partial charge on any atom is -0.255 e. The first kappa shape index (κ1) is 10.4. The Morgan fingerprint density at radius 1 is 1.27 bits per heavy atom. The molecule has 0 aliphatic rings. The fraction of sp³-hybridized carbons (Fsp3) is 0.308. The lowest BCUT2D eigenvalue weighted by Crippen LogP contribution is -1.93. The molecule has 1 aromatic carbocycles. The summed E-state index contributed by atoms with van der Waals surface area (Å²) < 4.78 is 0. The van der Waals surface area contributed by atoms with Crippen molar-refractivity contribution in [1.82, 2.24) is 4.98 Å². The van der Waals surface area contributed by atoms with Crippen LogP contribution in [0.4, 0.5) is 0 Å². The van der Waals surface area contributed by atoms with Gasteiger partial charge in [0.15, 0.2) is 0 Å². The Morgan fingerprint density at radius 3 is 2.67 bits per heavy atom. The van der Waals surface area contributed by atoms with E-state index in [4.69, 9.17) is 11.6 Å². The maximum Gasteiger partial charge on any atom is 0.0706 e. The number of benzene rings is 1. The molecule has 0 N–H and O–H groups in total. The molecule has 0 aliphatic carbocycles. The summed E-state index contributed by atoms with van der Waals surface area (Å²) >= 11 is 6.19. The Labute approximate surface area is 95.1 Å². The Bertz CT molecular complexity index is 498. The third-order valence-corrected chi connectivity index (χ3v) is 2.90. The normalized spacial score (nSPS) is 11.3. The Kier molecular flexibility index (Phi) is 2.66. The van der Waals surface area contributed by atoms with Gasteiger partial charge in [-0.25, -0.2) is 0 Å². The zero-order valence-electron chi connectivity index (χ0n) is 9.21. The summed E-state index contributed by atoms with van der Waals surface area (Å²) in [6.45, 7) is 6.40. The second-order valence-corrected chi connectivity index (χ2v) is 4.60. The molecule has 2 heteroatoms. The first-order chi connectivity index (χ1) is 7.09. The van der Waals surface area contributed by atoms with Gasteiger partial charge in [0.25, 0.3) is 0 Å². The molecule has 0 spiro atoms. The molecule has 0 aliphatic heterocycles. The highest BCUT2D eigenvalue weighted by Crippen LogP contribution is 2.31. The summed E-state index contributed by atoms with van der Waals surface area (Å²) in [4.78, 5) is 4.33. The van der Waals surface area contributed by atoms with E-state index in [0.717, 1.165) is 10.5 Å². The van der Waals surface area contributed by atoms with Gasteiger partial charge < -0.3 is 0 Å². The monoisotopic (exact) mass is 219 g/mol. The molecule has 0 saturated heterocycles. The van der Waals surface area contributed by atoms with Crippen molar-refractivity contribution in [2.24, 2.45) is 0 Å². The van der Waals surface area contributed by atoms with Crippen LogP contribution in [-0.4, -0.2) is 4.98 Å². The molecule has 15 heavy (non-hydrogen) atoms. The van der Waals surface area contributed by atoms with Crippen LogP contribution < -0.4 is 0 Å². The second-order valence-electron chi connectivity index (χ2n) is 4.20. The number of hydrogen-bond donors (Lipinski definition) is 0. The SMILES string of the molecule is Cc1ccc2ncc(Cl)c(C(C)C)c2c1. The predicted molar refractivity (Wildman–Crippen MR) is 65.6 cm³/mol. The van der Waals surface area contributed by atoms with Crippen molar-refractivity contribution in [2.75, 3.05) is 0 Å². The lowest BCUT2D eigenvalue weighted by Gasteiger charge is -2.12. The van der Waals surface area contributed by atoms with E-state index in [-0.39, 0.29) is 0 Å². The van der Waals surface area contributed by atoms with Crippen LogP contribution in [-0.2, 0) is 0 Å². The molecule has 78 valence electrons. The lowest BCUT2D eigenvalue weighted by molar-refractivity contribution is 0.874. The van der Waals surface area contributed by atoms with E-state index in [2.05, 4.69) is 37.9 Å². The Morgan fingerprint density at radius 2 is 2.00 bits per heavy atom. The number of fused-ring (bicyclic) bond motifs is 1. The van der Waals surface area contributed by atoms with Gasteiger partial charge in [-0.3, -0.25) is 4.98 Å². The molecular formula is C13H14ClN. The summed E-state index contributed by atoms with van der Waals surface area (Å²) in [7, 11) is 0. The molecule has 0 bridgehead atoms. The van der Waals surface area contributed by atoms with Gasteiger partial charge in [-0.1, -0.05) is 37.1 Å². The van der Waals surface area contributed by atoms with Gasteiger partial charge in [0.2, 0.25) is 0 Å². The lowest BCUT2D eigenvalue weighted by atomic mass is 9.98. The van der Waals surface area contributed by atoms with Gasteiger partial charge in [-0.15, -0.1) is 0 Å². The molecule has 1 nitrogen and oxygen atoms in total. The first-order valence-corrected chi connectivity index (χ1v) is 5.52. The summed E-state index contributed by atoms with van der Waals surface area (Å²) in [6.07, 6.45) is 1.74. The smallest absolute Gasteiger partial charge is 0.0706 e. The number of rotatable bonds is 1. The van der Waals surface area contributed by atoms with Crippen LogP contribution >= 0.6 is 11.6 Å². The van der Waals surface area contributed by atoms with Gasteiger partial charge >= 0.3 is 0 Å². The van der Waals surface area contributed by atoms with Crippen molar-refractivity contribution in [3.63, 3.8) is 0 Å². The number of pyridine rings is 1. The molecule has 1 aromatic heterocycles. The van der Waals surface area contributed by atoms with Crippen LogP contribution in [0.25, 0.3) is 10.9 Å². The number of halogens is 1. The van der Waals surface area contributed by atoms with Crippen LogP contribution in [0, 0.1) is 6.92 Å². The van der Waals surface area contributed by atoms with Crippen molar-refractivity contribution < 1.29 is 0 Å². The van der Waals surface area contributed by atoms with Gasteiger partial charge in [-0.05, 0) is 30.5 Å². The molecule has 0 atom stereocenters. The van der Waals surface area contributed by atoms with Gasteiger partial charge in [0, 0.05) is 11.6 Å². The highest BCUT2D eigenvalue weighted by Gasteiger charge is 2.10. The standard InChI is InChI=1S/C13H14ClN/c1-8(2)13-10-6-9(3)4-5-12(10)15-7-11(13)14/h4-8H,1-3H3. The average molecular weight is 220 g/mol. The first-order valence-electron chi connectivity index (χ1n) is 5.14. The minimum atomic E-state index is 0.421.